The van der Waals surface area contributed by atoms with Crippen molar-refractivity contribution >= 4 is 29.1 Å². The molecule has 2 saturated heterocycles. The summed E-state index contributed by atoms with van der Waals surface area (Å²) < 4.78 is 0. The van der Waals surface area contributed by atoms with Crippen molar-refractivity contribution in [2.45, 2.75) is 12.8 Å². The second kappa shape index (κ2) is 9.60. The highest BCUT2D eigenvalue weighted by atomic mass is 35.5. The first-order chi connectivity index (χ1) is 14.6. The molecule has 2 aliphatic rings. The van der Waals surface area contributed by atoms with Crippen LogP contribution in [0.3, 0.4) is 0 Å². The summed E-state index contributed by atoms with van der Waals surface area (Å²) in [6, 6.07) is 16.7. The molecule has 0 aliphatic carbocycles. The molecule has 2 aromatic carbocycles. The third-order valence-electron chi connectivity index (χ3n) is 5.94. The van der Waals surface area contributed by atoms with Crippen LogP contribution in [0.5, 0.6) is 0 Å². The van der Waals surface area contributed by atoms with Crippen molar-refractivity contribution in [2.75, 3.05) is 44.6 Å². The van der Waals surface area contributed by atoms with E-state index < -0.39 is 0 Å². The van der Waals surface area contributed by atoms with E-state index >= 15 is 0 Å². The first-order valence-corrected chi connectivity index (χ1v) is 10.9. The molecular formula is C23H27ClN4O2. The van der Waals surface area contributed by atoms with Gasteiger partial charge in [0.15, 0.2) is 5.78 Å². The number of halogens is 1. The first kappa shape index (κ1) is 20.8. The highest BCUT2D eigenvalue weighted by Crippen LogP contribution is 2.24. The number of anilines is 1. The second-order valence-corrected chi connectivity index (χ2v) is 8.27. The van der Waals surface area contributed by atoms with Crippen LogP contribution in [-0.2, 0) is 0 Å². The largest absolute Gasteiger partial charge is 0.322 e. The molecule has 0 aromatic heterocycles. The fraction of sp³-hybridized carbons (Fsp3) is 0.391. The normalized spacial score (nSPS) is 18.9. The number of amides is 2. The van der Waals surface area contributed by atoms with Gasteiger partial charge in [0.2, 0.25) is 0 Å². The lowest BCUT2D eigenvalue weighted by molar-refractivity contribution is -0.0670. The van der Waals surface area contributed by atoms with Gasteiger partial charge in [0.1, 0.15) is 0 Å². The number of carbonyl (C=O) groups excluding carboxylic acids is 2. The van der Waals surface area contributed by atoms with Crippen LogP contribution >= 0.6 is 11.6 Å². The Hall–Kier alpha value is -2.41. The Balaban J connectivity index is 1.23. The summed E-state index contributed by atoms with van der Waals surface area (Å²) >= 11 is 5.93. The van der Waals surface area contributed by atoms with Gasteiger partial charge < -0.3 is 10.2 Å². The first-order valence-electron chi connectivity index (χ1n) is 10.5. The van der Waals surface area contributed by atoms with E-state index in [1.807, 2.05) is 47.4 Å². The molecule has 0 saturated carbocycles. The smallest absolute Gasteiger partial charge is 0.321 e. The summed E-state index contributed by atoms with van der Waals surface area (Å²) in [6.07, 6.45) is 1.71. The predicted octanol–water partition coefficient (Wildman–Crippen LogP) is 4.00. The number of carbonyl (C=O) groups is 2. The van der Waals surface area contributed by atoms with E-state index in [0.717, 1.165) is 50.3 Å². The maximum absolute atomic E-state index is 12.7. The van der Waals surface area contributed by atoms with Crippen LogP contribution < -0.4 is 5.32 Å². The Morgan fingerprint density at radius 3 is 2.03 bits per heavy atom. The minimum Gasteiger partial charge on any atom is -0.322 e. The summed E-state index contributed by atoms with van der Waals surface area (Å²) in [6.45, 7) is 4.78. The molecular weight excluding hydrogens is 400 g/mol. The molecule has 2 fully saturated rings. The number of para-hydroxylation sites is 1. The molecule has 0 unspecified atom stereocenters. The molecule has 2 amide bonds. The number of piperidine rings is 1. The van der Waals surface area contributed by atoms with Crippen LogP contribution in [0, 0.1) is 5.92 Å². The second-order valence-electron chi connectivity index (χ2n) is 7.84. The summed E-state index contributed by atoms with van der Waals surface area (Å²) in [5, 5.41) is 8.28. The van der Waals surface area contributed by atoms with Crippen LogP contribution in [-0.4, -0.2) is 66.0 Å². The highest BCUT2D eigenvalue weighted by molar-refractivity contribution is 6.30. The van der Waals surface area contributed by atoms with Crippen molar-refractivity contribution in [1.82, 2.24) is 14.9 Å². The lowest BCUT2D eigenvalue weighted by Crippen LogP contribution is -2.57. The average molecular weight is 427 g/mol. The van der Waals surface area contributed by atoms with E-state index in [1.165, 1.54) is 0 Å². The third kappa shape index (κ3) is 5.01. The molecule has 1 N–H and O–H groups in total. The number of hydrazine groups is 1. The van der Waals surface area contributed by atoms with Gasteiger partial charge in [-0.3, -0.25) is 4.79 Å². The molecule has 0 radical (unpaired) electrons. The summed E-state index contributed by atoms with van der Waals surface area (Å²) in [5.74, 6) is 0.286. The Kier molecular flexibility index (Phi) is 6.67. The molecule has 2 aromatic rings. The number of rotatable bonds is 4. The number of hydrogen-bond acceptors (Lipinski definition) is 4. The van der Waals surface area contributed by atoms with Gasteiger partial charge in [-0.1, -0.05) is 29.8 Å². The maximum atomic E-state index is 12.7. The number of ketones is 1. The summed E-state index contributed by atoms with van der Waals surface area (Å²) in [4.78, 5) is 27.1. The van der Waals surface area contributed by atoms with Crippen LogP contribution in [0.2, 0.25) is 5.02 Å². The molecule has 0 spiro atoms. The Labute approximate surface area is 182 Å². The Morgan fingerprint density at radius 1 is 0.800 bits per heavy atom. The van der Waals surface area contributed by atoms with Crippen molar-refractivity contribution in [1.29, 1.82) is 0 Å². The SMILES string of the molecule is O=C(c1ccc(Cl)cc1)C1CCN(N2CCN(C(=O)Nc3ccccc3)CC2)CC1. The lowest BCUT2D eigenvalue weighted by Gasteiger charge is -2.43. The van der Waals surface area contributed by atoms with E-state index in [2.05, 4.69) is 15.3 Å². The summed E-state index contributed by atoms with van der Waals surface area (Å²) in [7, 11) is 0. The van der Waals surface area contributed by atoms with Crippen molar-refractivity contribution < 1.29 is 9.59 Å². The standard InChI is InChI=1S/C23H27ClN4O2/c24-20-8-6-18(7-9-20)22(29)19-10-12-27(13-11-19)28-16-14-26(15-17-28)23(30)25-21-4-2-1-3-5-21/h1-9,19H,10-17H2,(H,25,30). The molecule has 2 heterocycles. The van der Waals surface area contributed by atoms with Gasteiger partial charge in [-0.15, -0.1) is 0 Å². The number of Topliss-reactive ketones (excluding diaryl/α,β-unsaturated/α-hetero) is 1. The van der Waals surface area contributed by atoms with E-state index in [-0.39, 0.29) is 17.7 Å². The molecule has 0 atom stereocenters. The zero-order valence-corrected chi connectivity index (χ0v) is 17.7. The molecule has 6 nitrogen and oxygen atoms in total. The maximum Gasteiger partial charge on any atom is 0.321 e. The number of urea groups is 1. The van der Waals surface area contributed by atoms with Gasteiger partial charge >= 0.3 is 6.03 Å². The average Bonchev–Trinajstić information content (AvgIpc) is 2.80. The van der Waals surface area contributed by atoms with Crippen molar-refractivity contribution in [3.63, 3.8) is 0 Å². The lowest BCUT2D eigenvalue weighted by atomic mass is 9.89. The highest BCUT2D eigenvalue weighted by Gasteiger charge is 2.30. The van der Waals surface area contributed by atoms with Gasteiger partial charge in [0, 0.05) is 61.5 Å². The van der Waals surface area contributed by atoms with E-state index in [4.69, 9.17) is 11.6 Å². The molecule has 7 heteroatoms. The predicted molar refractivity (Wildman–Crippen MR) is 119 cm³/mol. The van der Waals surface area contributed by atoms with Crippen LogP contribution in [0.4, 0.5) is 10.5 Å². The number of nitrogens with zero attached hydrogens (tertiary/aromatic N) is 3. The number of nitrogens with one attached hydrogen (secondary N) is 1. The zero-order valence-electron chi connectivity index (χ0n) is 17.0. The van der Waals surface area contributed by atoms with Gasteiger partial charge in [-0.25, -0.2) is 14.8 Å². The molecule has 0 bridgehead atoms. The molecule has 2 aliphatic heterocycles. The van der Waals surface area contributed by atoms with Crippen LogP contribution in [0.15, 0.2) is 54.6 Å². The minimum absolute atomic E-state index is 0.0480. The fourth-order valence-electron chi connectivity index (χ4n) is 4.17. The van der Waals surface area contributed by atoms with E-state index in [1.54, 1.807) is 12.1 Å². The molecule has 30 heavy (non-hydrogen) atoms. The van der Waals surface area contributed by atoms with Gasteiger partial charge in [-0.05, 0) is 49.2 Å². The fourth-order valence-corrected chi connectivity index (χ4v) is 4.29. The monoisotopic (exact) mass is 426 g/mol. The van der Waals surface area contributed by atoms with Crippen LogP contribution in [0.25, 0.3) is 0 Å². The van der Waals surface area contributed by atoms with E-state index in [0.29, 0.717) is 18.1 Å². The van der Waals surface area contributed by atoms with Crippen molar-refractivity contribution in [2.24, 2.45) is 5.92 Å². The Bertz CT molecular complexity index is 859. The van der Waals surface area contributed by atoms with Crippen molar-refractivity contribution in [3.8, 4) is 0 Å². The van der Waals surface area contributed by atoms with Crippen molar-refractivity contribution in [3.05, 3.63) is 65.2 Å². The quantitative estimate of drug-likeness (QED) is 0.751. The number of hydrogen-bond donors (Lipinski definition) is 1. The van der Waals surface area contributed by atoms with Gasteiger partial charge in [0.25, 0.3) is 0 Å². The number of piperazine rings is 1. The minimum atomic E-state index is -0.0480. The van der Waals surface area contributed by atoms with Gasteiger partial charge in [0.05, 0.1) is 0 Å². The Morgan fingerprint density at radius 2 is 1.40 bits per heavy atom. The summed E-state index contributed by atoms with van der Waals surface area (Å²) in [5.41, 5.74) is 1.56. The molecule has 158 valence electrons. The van der Waals surface area contributed by atoms with E-state index in [9.17, 15) is 9.59 Å². The topological polar surface area (TPSA) is 55.9 Å². The number of benzene rings is 2. The van der Waals surface area contributed by atoms with Gasteiger partial charge in [-0.2, -0.15) is 0 Å². The zero-order chi connectivity index (χ0) is 20.9. The molecule has 4 rings (SSSR count). The van der Waals surface area contributed by atoms with Crippen LogP contribution in [0.1, 0.15) is 23.2 Å². The third-order valence-corrected chi connectivity index (χ3v) is 6.19.